The summed E-state index contributed by atoms with van der Waals surface area (Å²) in [5.74, 6) is -2.25. The summed E-state index contributed by atoms with van der Waals surface area (Å²) >= 11 is 0. The van der Waals surface area contributed by atoms with Gasteiger partial charge in [0.05, 0.1) is 12.2 Å². The van der Waals surface area contributed by atoms with E-state index in [0.717, 1.165) is 25.7 Å². The predicted octanol–water partition coefficient (Wildman–Crippen LogP) is 3.87. The van der Waals surface area contributed by atoms with E-state index in [9.17, 15) is 24.9 Å². The molecule has 0 spiro atoms. The van der Waals surface area contributed by atoms with Gasteiger partial charge in [-0.1, -0.05) is 65.5 Å². The molecule has 0 aliphatic heterocycles. The van der Waals surface area contributed by atoms with Gasteiger partial charge >= 0.3 is 5.97 Å². The van der Waals surface area contributed by atoms with Crippen LogP contribution < -0.4 is 0 Å². The molecule has 0 aromatic heterocycles. The van der Waals surface area contributed by atoms with E-state index in [-0.39, 0.29) is 42.0 Å². The zero-order valence-corrected chi connectivity index (χ0v) is 21.4. The normalized spacial score (nSPS) is 42.1. The predicted molar refractivity (Wildman–Crippen MR) is 129 cm³/mol. The molecule has 0 saturated heterocycles. The molecule has 190 valence electrons. The quantitative estimate of drug-likeness (QED) is 0.280. The number of esters is 1. The van der Waals surface area contributed by atoms with Crippen molar-refractivity contribution in [3.63, 3.8) is 0 Å². The molecule has 2 saturated carbocycles. The van der Waals surface area contributed by atoms with Crippen molar-refractivity contribution in [2.75, 3.05) is 6.61 Å². The van der Waals surface area contributed by atoms with Crippen LogP contribution in [0.4, 0.5) is 0 Å². The highest BCUT2D eigenvalue weighted by Gasteiger charge is 2.83. The van der Waals surface area contributed by atoms with E-state index in [1.165, 1.54) is 6.42 Å². The smallest absolute Gasteiger partial charge is 0.306 e. The molecule has 3 N–H and O–H groups in total. The van der Waals surface area contributed by atoms with Crippen molar-refractivity contribution in [1.29, 1.82) is 0 Å². The molecule has 4 rings (SSSR count). The first-order chi connectivity index (χ1) is 15.9. The van der Waals surface area contributed by atoms with Gasteiger partial charge in [0.25, 0.3) is 0 Å². The van der Waals surface area contributed by atoms with Crippen LogP contribution in [0.2, 0.25) is 0 Å². The Morgan fingerprint density at radius 2 is 1.82 bits per heavy atom. The number of aliphatic hydroxyl groups excluding tert-OH is 1. The number of aliphatic hydroxyl groups is 3. The maximum Gasteiger partial charge on any atom is 0.306 e. The third-order valence-corrected chi connectivity index (χ3v) is 9.66. The van der Waals surface area contributed by atoms with Gasteiger partial charge in [-0.2, -0.15) is 0 Å². The molecule has 0 amide bonds. The monoisotopic (exact) mass is 474 g/mol. The molecule has 7 atom stereocenters. The summed E-state index contributed by atoms with van der Waals surface area (Å²) in [7, 11) is 0. The molecular weight excluding hydrogens is 432 g/mol. The van der Waals surface area contributed by atoms with Crippen LogP contribution in [-0.4, -0.2) is 50.5 Å². The van der Waals surface area contributed by atoms with E-state index in [1.54, 1.807) is 13.0 Å². The lowest BCUT2D eigenvalue weighted by molar-refractivity contribution is -0.187. The Morgan fingerprint density at radius 3 is 2.47 bits per heavy atom. The number of hydrogen-bond donors (Lipinski definition) is 3. The fourth-order valence-electron chi connectivity index (χ4n) is 7.72. The molecule has 4 aliphatic rings. The number of carbonyl (C=O) groups is 2. The number of ketones is 1. The Bertz CT molecular complexity index is 918. The summed E-state index contributed by atoms with van der Waals surface area (Å²) in [6.45, 7) is 9.64. The third-order valence-electron chi connectivity index (χ3n) is 9.66. The summed E-state index contributed by atoms with van der Waals surface area (Å²) in [6.07, 6.45) is 9.77. The molecule has 0 radical (unpaired) electrons. The minimum absolute atomic E-state index is 0.00403. The van der Waals surface area contributed by atoms with Crippen molar-refractivity contribution in [3.05, 3.63) is 23.3 Å². The van der Waals surface area contributed by atoms with Gasteiger partial charge in [-0.25, -0.2) is 0 Å². The summed E-state index contributed by atoms with van der Waals surface area (Å²) in [5, 5.41) is 33.9. The Hall–Kier alpha value is -1.50. The first-order valence-electron chi connectivity index (χ1n) is 13.1. The molecule has 4 aliphatic carbocycles. The highest BCUT2D eigenvalue weighted by Crippen LogP contribution is 2.76. The number of unbranched alkanes of at least 4 members (excludes halogenated alkanes) is 4. The number of Topliss-reactive ketones (excluding diaryl/α,β-unsaturated/α-hetero) is 1. The molecule has 6 nitrogen and oxygen atoms in total. The fourth-order valence-corrected chi connectivity index (χ4v) is 7.72. The second-order valence-corrected chi connectivity index (χ2v) is 12.0. The lowest BCUT2D eigenvalue weighted by Gasteiger charge is -2.50. The lowest BCUT2D eigenvalue weighted by atomic mass is 9.60. The van der Waals surface area contributed by atoms with E-state index in [0.29, 0.717) is 24.0 Å². The zero-order chi connectivity index (χ0) is 25.1. The van der Waals surface area contributed by atoms with E-state index in [4.69, 9.17) is 4.74 Å². The molecule has 2 fully saturated rings. The summed E-state index contributed by atoms with van der Waals surface area (Å²) in [6, 6.07) is 0. The van der Waals surface area contributed by atoms with Crippen molar-refractivity contribution < 1.29 is 29.6 Å². The average molecular weight is 475 g/mol. The van der Waals surface area contributed by atoms with Crippen LogP contribution in [0.5, 0.6) is 0 Å². The molecule has 0 unspecified atom stereocenters. The first kappa shape index (κ1) is 25.6. The largest absolute Gasteiger partial charge is 0.458 e. The maximum atomic E-state index is 13.0. The molecular formula is C28H42O6. The highest BCUT2D eigenvalue weighted by atomic mass is 16.6. The Morgan fingerprint density at radius 1 is 1.15 bits per heavy atom. The molecule has 34 heavy (non-hydrogen) atoms. The molecule has 0 aromatic rings. The SMILES string of the molecule is CCCCCCCC(=O)O[C@@]12C[C@@H](C)[C@@]3(O)[C@@H](C=C(CO)C[C@]4(O)C(=O)C(C)=C[C@@H]34)[C@@H]1C2(C)C. The minimum atomic E-state index is -1.76. The van der Waals surface area contributed by atoms with E-state index in [1.807, 2.05) is 13.0 Å². The van der Waals surface area contributed by atoms with Gasteiger partial charge in [0.2, 0.25) is 0 Å². The molecule has 6 heteroatoms. The van der Waals surface area contributed by atoms with E-state index in [2.05, 4.69) is 20.8 Å². The fraction of sp³-hybridized carbons (Fsp3) is 0.786. The first-order valence-corrected chi connectivity index (χ1v) is 13.1. The number of rotatable bonds is 8. The summed E-state index contributed by atoms with van der Waals surface area (Å²) in [5.41, 5.74) is -3.19. The van der Waals surface area contributed by atoms with Gasteiger partial charge < -0.3 is 20.1 Å². The van der Waals surface area contributed by atoms with E-state index >= 15 is 0 Å². The lowest BCUT2D eigenvalue weighted by Crippen LogP contribution is -2.61. The number of ether oxygens (including phenoxy) is 1. The third kappa shape index (κ3) is 3.47. The topological polar surface area (TPSA) is 104 Å². The highest BCUT2D eigenvalue weighted by molar-refractivity contribution is 6.04. The number of hydrogen-bond acceptors (Lipinski definition) is 6. The van der Waals surface area contributed by atoms with Crippen molar-refractivity contribution in [3.8, 4) is 0 Å². The van der Waals surface area contributed by atoms with Gasteiger partial charge in [-0.3, -0.25) is 9.59 Å². The van der Waals surface area contributed by atoms with Gasteiger partial charge in [-0.15, -0.1) is 0 Å². The second-order valence-electron chi connectivity index (χ2n) is 12.0. The molecule has 0 heterocycles. The van der Waals surface area contributed by atoms with Crippen molar-refractivity contribution in [2.45, 2.75) is 103 Å². The standard InChI is InChI=1S/C28H42O6/c1-6-7-8-9-10-11-22(30)34-27-14-18(3)28(33)20(23(27)25(27,4)5)13-19(16-29)15-26(32)21(28)12-17(2)24(26)31/h12-13,18,20-21,23,29,32-33H,6-11,14-16H2,1-5H3/t18-,20+,21-,23-,26-,27+,28-/m1/s1. The van der Waals surface area contributed by atoms with Gasteiger partial charge in [-0.05, 0) is 36.8 Å². The zero-order valence-electron chi connectivity index (χ0n) is 21.4. The maximum absolute atomic E-state index is 13.0. The second kappa shape index (κ2) is 8.56. The Balaban J connectivity index is 1.64. The van der Waals surface area contributed by atoms with Crippen LogP contribution in [-0.2, 0) is 14.3 Å². The van der Waals surface area contributed by atoms with Crippen LogP contribution in [0, 0.1) is 29.1 Å². The summed E-state index contributed by atoms with van der Waals surface area (Å²) < 4.78 is 6.24. The Kier molecular flexibility index (Phi) is 6.44. The van der Waals surface area contributed by atoms with Gasteiger partial charge in [0.1, 0.15) is 11.2 Å². The van der Waals surface area contributed by atoms with Crippen molar-refractivity contribution >= 4 is 11.8 Å². The van der Waals surface area contributed by atoms with E-state index < -0.39 is 28.6 Å². The number of fused-ring (bicyclic) bond motifs is 5. The van der Waals surface area contributed by atoms with Crippen LogP contribution in [0.25, 0.3) is 0 Å². The summed E-state index contributed by atoms with van der Waals surface area (Å²) in [4.78, 5) is 25.9. The van der Waals surface area contributed by atoms with Crippen LogP contribution >= 0.6 is 0 Å². The van der Waals surface area contributed by atoms with Gasteiger partial charge in [0.15, 0.2) is 5.78 Å². The van der Waals surface area contributed by atoms with Crippen molar-refractivity contribution in [2.24, 2.45) is 29.1 Å². The van der Waals surface area contributed by atoms with Gasteiger partial charge in [0, 0.05) is 36.0 Å². The van der Waals surface area contributed by atoms with Crippen LogP contribution in [0.1, 0.15) is 86.0 Å². The van der Waals surface area contributed by atoms with Crippen LogP contribution in [0.3, 0.4) is 0 Å². The number of carbonyl (C=O) groups excluding carboxylic acids is 2. The minimum Gasteiger partial charge on any atom is -0.458 e. The molecule has 0 aromatic carbocycles. The van der Waals surface area contributed by atoms with Crippen molar-refractivity contribution in [1.82, 2.24) is 0 Å². The van der Waals surface area contributed by atoms with Crippen LogP contribution in [0.15, 0.2) is 23.3 Å². The Labute approximate surface area is 203 Å². The molecule has 0 bridgehead atoms. The average Bonchev–Trinajstić information content (AvgIpc) is 3.17.